The lowest BCUT2D eigenvalue weighted by atomic mass is 10.2. The molecule has 0 aromatic rings. The Morgan fingerprint density at radius 1 is 1.19 bits per heavy atom. The van der Waals surface area contributed by atoms with Crippen molar-refractivity contribution < 1.29 is 23.8 Å². The van der Waals surface area contributed by atoms with Crippen molar-refractivity contribution in [3.63, 3.8) is 0 Å². The van der Waals surface area contributed by atoms with Gasteiger partial charge in [0.1, 0.15) is 6.29 Å². The molecule has 0 aromatic heterocycles. The third kappa shape index (κ3) is 9.38. The highest BCUT2D eigenvalue weighted by molar-refractivity contribution is 5.66. The first-order valence-corrected chi connectivity index (χ1v) is 7.46. The molecule has 0 aliphatic rings. The third-order valence-electron chi connectivity index (χ3n) is 2.79. The van der Waals surface area contributed by atoms with Gasteiger partial charge in [0.05, 0.1) is 0 Å². The number of amides is 1. The fraction of sp³-hybridized carbons (Fsp3) is 0.857. The fourth-order valence-electron chi connectivity index (χ4n) is 1.71. The van der Waals surface area contributed by atoms with Gasteiger partial charge in [-0.05, 0) is 33.6 Å². The Balaban J connectivity index is 4.04. The number of hydrogen-bond donors (Lipinski definition) is 1. The maximum atomic E-state index is 11.8. The van der Waals surface area contributed by atoms with E-state index in [1.807, 2.05) is 13.8 Å². The quantitative estimate of drug-likeness (QED) is 0.148. The van der Waals surface area contributed by atoms with Crippen molar-refractivity contribution in [2.24, 2.45) is 5.84 Å². The summed E-state index contributed by atoms with van der Waals surface area (Å²) in [5, 5.41) is 1.03. The molecule has 21 heavy (non-hydrogen) atoms. The van der Waals surface area contributed by atoms with E-state index in [0.717, 1.165) is 30.6 Å². The summed E-state index contributed by atoms with van der Waals surface area (Å²) >= 11 is 0. The number of nitrogens with zero attached hydrogens (tertiary/aromatic N) is 1. The molecule has 0 bridgehead atoms. The van der Waals surface area contributed by atoms with E-state index in [4.69, 9.17) is 20.1 Å². The van der Waals surface area contributed by atoms with Crippen LogP contribution in [0, 0.1) is 0 Å². The molecule has 0 heterocycles. The van der Waals surface area contributed by atoms with Crippen LogP contribution in [-0.2, 0) is 19.0 Å². The SMILES string of the molecule is CCOC(OCC)C(C)OC(=O)N(N)CCCCCC=O. The molecule has 0 rings (SSSR count). The molecule has 1 unspecified atom stereocenters. The topological polar surface area (TPSA) is 91.1 Å². The summed E-state index contributed by atoms with van der Waals surface area (Å²) in [7, 11) is 0. The molecule has 0 spiro atoms. The van der Waals surface area contributed by atoms with Gasteiger partial charge in [0, 0.05) is 26.2 Å². The summed E-state index contributed by atoms with van der Waals surface area (Å²) in [6, 6.07) is 0. The van der Waals surface area contributed by atoms with Crippen LogP contribution >= 0.6 is 0 Å². The average Bonchev–Trinajstić information content (AvgIpc) is 2.46. The number of carbonyl (C=O) groups excluding carboxylic acids is 2. The van der Waals surface area contributed by atoms with E-state index in [1.54, 1.807) is 6.92 Å². The highest BCUT2D eigenvalue weighted by Crippen LogP contribution is 2.08. The molecule has 1 amide bonds. The van der Waals surface area contributed by atoms with Gasteiger partial charge in [-0.3, -0.25) is 0 Å². The summed E-state index contributed by atoms with van der Waals surface area (Å²) in [6.07, 6.45) is 2.06. The Bertz CT molecular complexity index is 283. The predicted octanol–water partition coefficient (Wildman–Crippen LogP) is 1.85. The van der Waals surface area contributed by atoms with Gasteiger partial charge >= 0.3 is 6.09 Å². The van der Waals surface area contributed by atoms with Crippen molar-refractivity contribution in [2.45, 2.75) is 58.8 Å². The third-order valence-corrected chi connectivity index (χ3v) is 2.79. The minimum atomic E-state index is -0.609. The predicted molar refractivity (Wildman–Crippen MR) is 78.4 cm³/mol. The van der Waals surface area contributed by atoms with E-state index in [-0.39, 0.29) is 0 Å². The van der Waals surface area contributed by atoms with E-state index in [0.29, 0.717) is 26.2 Å². The summed E-state index contributed by atoms with van der Waals surface area (Å²) < 4.78 is 15.9. The summed E-state index contributed by atoms with van der Waals surface area (Å²) in [4.78, 5) is 22.0. The number of carbonyl (C=O) groups is 2. The molecule has 7 nitrogen and oxygen atoms in total. The first-order chi connectivity index (χ1) is 10.1. The van der Waals surface area contributed by atoms with Gasteiger partial charge in [0.2, 0.25) is 0 Å². The second kappa shape index (κ2) is 12.6. The lowest BCUT2D eigenvalue weighted by Gasteiger charge is -2.25. The number of ether oxygens (including phenoxy) is 3. The molecular weight excluding hydrogens is 276 g/mol. The molecule has 0 aliphatic carbocycles. The first kappa shape index (κ1) is 19.8. The van der Waals surface area contributed by atoms with Crippen LogP contribution in [0.4, 0.5) is 4.79 Å². The number of rotatable bonds is 12. The zero-order chi connectivity index (χ0) is 16.1. The fourth-order valence-corrected chi connectivity index (χ4v) is 1.71. The van der Waals surface area contributed by atoms with Crippen LogP contribution in [0.2, 0.25) is 0 Å². The second-order valence-electron chi connectivity index (χ2n) is 4.58. The van der Waals surface area contributed by atoms with Crippen LogP contribution in [0.3, 0.4) is 0 Å². The molecule has 0 aliphatic heterocycles. The van der Waals surface area contributed by atoms with Crippen LogP contribution in [0.1, 0.15) is 46.5 Å². The molecule has 0 aromatic carbocycles. The van der Waals surface area contributed by atoms with E-state index < -0.39 is 18.5 Å². The zero-order valence-electron chi connectivity index (χ0n) is 13.2. The smallest absolute Gasteiger partial charge is 0.424 e. The molecule has 0 radical (unpaired) electrons. The van der Waals surface area contributed by atoms with Crippen molar-refractivity contribution in [1.82, 2.24) is 5.01 Å². The second-order valence-corrected chi connectivity index (χ2v) is 4.58. The van der Waals surface area contributed by atoms with Gasteiger partial charge in [-0.2, -0.15) is 0 Å². The molecule has 0 saturated heterocycles. The Labute approximate surface area is 126 Å². The standard InChI is InChI=1S/C14H28N2O5/c1-4-19-13(20-5-2)12(3)21-14(18)16(15)10-8-6-7-9-11-17/h11-13H,4-10,15H2,1-3H3. The van der Waals surface area contributed by atoms with Gasteiger partial charge in [-0.25, -0.2) is 15.6 Å². The number of hydrogen-bond acceptors (Lipinski definition) is 6. The van der Waals surface area contributed by atoms with E-state index in [1.165, 1.54) is 0 Å². The summed E-state index contributed by atoms with van der Waals surface area (Å²) in [6.45, 7) is 6.71. The average molecular weight is 304 g/mol. The van der Waals surface area contributed by atoms with Gasteiger partial charge in [0.15, 0.2) is 12.4 Å². The van der Waals surface area contributed by atoms with Crippen molar-refractivity contribution in [3.8, 4) is 0 Å². The molecule has 2 N–H and O–H groups in total. The number of hydrazine groups is 1. The van der Waals surface area contributed by atoms with E-state index in [9.17, 15) is 9.59 Å². The van der Waals surface area contributed by atoms with Gasteiger partial charge in [-0.15, -0.1) is 0 Å². The Morgan fingerprint density at radius 2 is 1.81 bits per heavy atom. The summed E-state index contributed by atoms with van der Waals surface area (Å²) in [5.41, 5.74) is 0. The maximum absolute atomic E-state index is 11.8. The van der Waals surface area contributed by atoms with Gasteiger partial charge < -0.3 is 19.0 Å². The largest absolute Gasteiger partial charge is 0.440 e. The Hall–Kier alpha value is -1.18. The molecule has 124 valence electrons. The van der Waals surface area contributed by atoms with Crippen LogP contribution < -0.4 is 5.84 Å². The van der Waals surface area contributed by atoms with Crippen LogP contribution in [0.15, 0.2) is 0 Å². The normalized spacial score (nSPS) is 12.2. The highest BCUT2D eigenvalue weighted by Gasteiger charge is 2.23. The Kier molecular flexibility index (Phi) is 11.8. The minimum Gasteiger partial charge on any atom is -0.440 e. The van der Waals surface area contributed by atoms with E-state index in [2.05, 4.69) is 0 Å². The lowest BCUT2D eigenvalue weighted by molar-refractivity contribution is -0.186. The summed E-state index contributed by atoms with van der Waals surface area (Å²) in [5.74, 6) is 5.64. The maximum Gasteiger partial charge on any atom is 0.424 e. The number of unbranched alkanes of at least 4 members (excludes halogenated alkanes) is 3. The molecule has 7 heteroatoms. The number of nitrogens with two attached hydrogens (primary N) is 1. The minimum absolute atomic E-state index is 0.387. The van der Waals surface area contributed by atoms with Crippen molar-refractivity contribution in [2.75, 3.05) is 19.8 Å². The Morgan fingerprint density at radius 3 is 2.33 bits per heavy atom. The molecule has 0 saturated carbocycles. The highest BCUT2D eigenvalue weighted by atomic mass is 16.7. The van der Waals surface area contributed by atoms with Crippen LogP contribution in [-0.4, -0.2) is 49.5 Å². The van der Waals surface area contributed by atoms with Crippen LogP contribution in [0.5, 0.6) is 0 Å². The lowest BCUT2D eigenvalue weighted by Crippen LogP contribution is -2.43. The van der Waals surface area contributed by atoms with Gasteiger partial charge in [-0.1, -0.05) is 6.42 Å². The number of aldehydes is 1. The van der Waals surface area contributed by atoms with Crippen LogP contribution in [0.25, 0.3) is 0 Å². The molecule has 1 atom stereocenters. The first-order valence-electron chi connectivity index (χ1n) is 7.46. The molecular formula is C14H28N2O5. The zero-order valence-corrected chi connectivity index (χ0v) is 13.2. The van der Waals surface area contributed by atoms with E-state index >= 15 is 0 Å². The van der Waals surface area contributed by atoms with Crippen molar-refractivity contribution >= 4 is 12.4 Å². The van der Waals surface area contributed by atoms with Crippen molar-refractivity contribution in [1.29, 1.82) is 0 Å². The molecule has 0 fully saturated rings. The van der Waals surface area contributed by atoms with Gasteiger partial charge in [0.25, 0.3) is 0 Å². The monoisotopic (exact) mass is 304 g/mol. The van der Waals surface area contributed by atoms with Crippen molar-refractivity contribution in [3.05, 3.63) is 0 Å².